The van der Waals surface area contributed by atoms with E-state index >= 15 is 0 Å². The van der Waals surface area contributed by atoms with Crippen LogP contribution in [0.4, 0.5) is 5.69 Å². The third-order valence-corrected chi connectivity index (χ3v) is 4.94. The second-order valence-corrected chi connectivity index (χ2v) is 6.61. The molecule has 0 saturated heterocycles. The largest absolute Gasteiger partial charge is 0.325 e. The molecule has 3 nitrogen and oxygen atoms in total. The molecule has 3 heteroatoms. The second-order valence-electron chi connectivity index (χ2n) is 6.61. The van der Waals surface area contributed by atoms with E-state index in [0.29, 0.717) is 6.04 Å². The number of hydrogen-bond acceptors (Lipinski definition) is 2. The number of nitrogens with one attached hydrogen (secondary N) is 2. The summed E-state index contributed by atoms with van der Waals surface area (Å²) in [5.41, 5.74) is 3.04. The Labute approximate surface area is 121 Å². The molecule has 2 N–H and O–H groups in total. The summed E-state index contributed by atoms with van der Waals surface area (Å²) >= 11 is 0. The monoisotopic (exact) mass is 272 g/mol. The minimum Gasteiger partial charge on any atom is -0.325 e. The van der Waals surface area contributed by atoms with Gasteiger partial charge in [-0.1, -0.05) is 25.5 Å². The van der Waals surface area contributed by atoms with Gasteiger partial charge in [-0.05, 0) is 56.3 Å². The molecule has 1 aliphatic carbocycles. The molecule has 108 valence electrons. The van der Waals surface area contributed by atoms with Gasteiger partial charge in [-0.3, -0.25) is 4.79 Å². The van der Waals surface area contributed by atoms with Crippen LogP contribution in [0.1, 0.15) is 57.2 Å². The van der Waals surface area contributed by atoms with Crippen LogP contribution in [0.2, 0.25) is 0 Å². The van der Waals surface area contributed by atoms with E-state index in [2.05, 4.69) is 35.8 Å². The molecule has 1 aliphatic heterocycles. The topological polar surface area (TPSA) is 41.1 Å². The third kappa shape index (κ3) is 2.05. The molecule has 0 spiro atoms. The van der Waals surface area contributed by atoms with Gasteiger partial charge in [0.25, 0.3) is 0 Å². The summed E-state index contributed by atoms with van der Waals surface area (Å²) in [4.78, 5) is 12.0. The van der Waals surface area contributed by atoms with E-state index in [-0.39, 0.29) is 5.91 Å². The minimum atomic E-state index is -0.415. The van der Waals surface area contributed by atoms with Crippen molar-refractivity contribution < 1.29 is 4.79 Å². The number of fused-ring (bicyclic) bond motifs is 1. The van der Waals surface area contributed by atoms with Gasteiger partial charge in [0.05, 0.1) is 5.41 Å². The Bertz CT molecular complexity index is 532. The van der Waals surface area contributed by atoms with Crippen molar-refractivity contribution in [1.82, 2.24) is 5.32 Å². The van der Waals surface area contributed by atoms with Gasteiger partial charge in [0.1, 0.15) is 0 Å². The van der Waals surface area contributed by atoms with Gasteiger partial charge in [0.15, 0.2) is 0 Å². The molecule has 1 atom stereocenters. The first kappa shape index (κ1) is 13.6. The Morgan fingerprint density at radius 3 is 2.75 bits per heavy atom. The van der Waals surface area contributed by atoms with Gasteiger partial charge in [0.2, 0.25) is 5.91 Å². The molecule has 1 amide bonds. The zero-order chi connectivity index (χ0) is 14.3. The fraction of sp³-hybridized carbons (Fsp3) is 0.588. The van der Waals surface area contributed by atoms with Gasteiger partial charge in [-0.15, -0.1) is 0 Å². The molecule has 0 aromatic heterocycles. The van der Waals surface area contributed by atoms with E-state index in [0.717, 1.165) is 23.7 Å². The van der Waals surface area contributed by atoms with E-state index < -0.39 is 5.41 Å². The standard InChI is InChI=1S/C17H24N2O/c1-4-18-15(11-6-5-7-11)12-8-9-14-13(10-12)17(2,3)16(20)19-14/h8-11,15,18H,4-7H2,1-3H3,(H,19,20). The Kier molecular flexibility index (Phi) is 3.33. The lowest BCUT2D eigenvalue weighted by Gasteiger charge is -2.35. The van der Waals surface area contributed by atoms with Crippen LogP contribution in [-0.4, -0.2) is 12.5 Å². The SMILES string of the molecule is CCNC(c1ccc2c(c1)C(C)(C)C(=O)N2)C1CCC1. The van der Waals surface area contributed by atoms with Gasteiger partial charge in [0, 0.05) is 11.7 Å². The summed E-state index contributed by atoms with van der Waals surface area (Å²) in [5, 5.41) is 6.61. The molecule has 3 rings (SSSR count). The lowest BCUT2D eigenvalue weighted by molar-refractivity contribution is -0.119. The summed E-state index contributed by atoms with van der Waals surface area (Å²) in [6.45, 7) is 7.15. The van der Waals surface area contributed by atoms with Crippen molar-refractivity contribution in [3.63, 3.8) is 0 Å². The summed E-state index contributed by atoms with van der Waals surface area (Å²) < 4.78 is 0. The predicted molar refractivity (Wildman–Crippen MR) is 81.9 cm³/mol. The maximum atomic E-state index is 12.0. The minimum absolute atomic E-state index is 0.105. The highest BCUT2D eigenvalue weighted by Gasteiger charge is 2.39. The third-order valence-electron chi connectivity index (χ3n) is 4.94. The van der Waals surface area contributed by atoms with Crippen LogP contribution < -0.4 is 10.6 Å². The van der Waals surface area contributed by atoms with Crippen molar-refractivity contribution in [2.24, 2.45) is 5.92 Å². The fourth-order valence-corrected chi connectivity index (χ4v) is 3.33. The summed E-state index contributed by atoms with van der Waals surface area (Å²) in [6, 6.07) is 6.91. The van der Waals surface area contributed by atoms with Crippen LogP contribution in [0.25, 0.3) is 0 Å². The molecular formula is C17H24N2O. The fourth-order valence-electron chi connectivity index (χ4n) is 3.33. The molecule has 1 aromatic rings. The number of anilines is 1. The first-order valence-electron chi connectivity index (χ1n) is 7.73. The molecular weight excluding hydrogens is 248 g/mol. The van der Waals surface area contributed by atoms with Crippen LogP contribution in [-0.2, 0) is 10.2 Å². The lowest BCUT2D eigenvalue weighted by Crippen LogP contribution is -2.32. The first-order chi connectivity index (χ1) is 9.54. The smallest absolute Gasteiger partial charge is 0.234 e. The van der Waals surface area contributed by atoms with E-state index in [9.17, 15) is 4.79 Å². The highest BCUT2D eigenvalue weighted by Crippen LogP contribution is 2.42. The molecule has 1 fully saturated rings. The van der Waals surface area contributed by atoms with Crippen LogP contribution in [0.15, 0.2) is 18.2 Å². The molecule has 1 aromatic carbocycles. The molecule has 1 heterocycles. The Morgan fingerprint density at radius 2 is 2.15 bits per heavy atom. The van der Waals surface area contributed by atoms with Gasteiger partial charge in [-0.25, -0.2) is 0 Å². The molecule has 20 heavy (non-hydrogen) atoms. The van der Waals surface area contributed by atoms with E-state index in [1.165, 1.54) is 24.8 Å². The number of rotatable bonds is 4. The number of carbonyl (C=O) groups excluding carboxylic acids is 1. The lowest BCUT2D eigenvalue weighted by atomic mass is 9.76. The summed E-state index contributed by atoms with van der Waals surface area (Å²) in [6.07, 6.45) is 3.98. The van der Waals surface area contributed by atoms with Crippen molar-refractivity contribution in [3.05, 3.63) is 29.3 Å². The van der Waals surface area contributed by atoms with Crippen molar-refractivity contribution in [1.29, 1.82) is 0 Å². The van der Waals surface area contributed by atoms with Crippen molar-refractivity contribution in [2.45, 2.75) is 51.5 Å². The van der Waals surface area contributed by atoms with Crippen molar-refractivity contribution in [3.8, 4) is 0 Å². The maximum Gasteiger partial charge on any atom is 0.234 e. The van der Waals surface area contributed by atoms with Crippen LogP contribution in [0.3, 0.4) is 0 Å². The number of hydrogen-bond donors (Lipinski definition) is 2. The van der Waals surface area contributed by atoms with Crippen LogP contribution in [0, 0.1) is 5.92 Å². The number of carbonyl (C=O) groups is 1. The van der Waals surface area contributed by atoms with Crippen LogP contribution in [0.5, 0.6) is 0 Å². The summed E-state index contributed by atoms with van der Waals surface area (Å²) in [7, 11) is 0. The Hall–Kier alpha value is -1.35. The van der Waals surface area contributed by atoms with Crippen molar-refractivity contribution in [2.75, 3.05) is 11.9 Å². The van der Waals surface area contributed by atoms with Crippen LogP contribution >= 0.6 is 0 Å². The Balaban J connectivity index is 1.95. The predicted octanol–water partition coefficient (Wildman–Crippen LogP) is 3.37. The maximum absolute atomic E-state index is 12.0. The molecule has 1 unspecified atom stereocenters. The van der Waals surface area contributed by atoms with E-state index in [1.807, 2.05) is 13.8 Å². The molecule has 0 radical (unpaired) electrons. The normalized spacial score (nSPS) is 22.1. The van der Waals surface area contributed by atoms with E-state index in [4.69, 9.17) is 0 Å². The number of amides is 1. The van der Waals surface area contributed by atoms with Gasteiger partial charge >= 0.3 is 0 Å². The van der Waals surface area contributed by atoms with Crippen molar-refractivity contribution >= 4 is 11.6 Å². The van der Waals surface area contributed by atoms with Gasteiger partial charge < -0.3 is 10.6 Å². The molecule has 2 aliphatic rings. The van der Waals surface area contributed by atoms with Gasteiger partial charge in [-0.2, -0.15) is 0 Å². The first-order valence-corrected chi connectivity index (χ1v) is 7.73. The zero-order valence-corrected chi connectivity index (χ0v) is 12.6. The average molecular weight is 272 g/mol. The zero-order valence-electron chi connectivity index (χ0n) is 12.6. The summed E-state index contributed by atoms with van der Waals surface area (Å²) in [5.74, 6) is 0.856. The highest BCUT2D eigenvalue weighted by atomic mass is 16.2. The highest BCUT2D eigenvalue weighted by molar-refractivity contribution is 6.05. The number of benzene rings is 1. The van der Waals surface area contributed by atoms with E-state index in [1.54, 1.807) is 0 Å². The Morgan fingerprint density at radius 1 is 1.40 bits per heavy atom. The second kappa shape index (κ2) is 4.88. The molecule has 0 bridgehead atoms. The molecule has 1 saturated carbocycles. The average Bonchev–Trinajstić information content (AvgIpc) is 2.57. The quantitative estimate of drug-likeness (QED) is 0.882.